The van der Waals surface area contributed by atoms with Crippen LogP contribution in [0.1, 0.15) is 18.8 Å². The summed E-state index contributed by atoms with van der Waals surface area (Å²) < 4.78 is 1.45. The van der Waals surface area contributed by atoms with Crippen LogP contribution in [-0.4, -0.2) is 15.5 Å². The van der Waals surface area contributed by atoms with Gasteiger partial charge < -0.3 is 4.57 Å². The summed E-state index contributed by atoms with van der Waals surface area (Å²) in [7, 11) is 0. The highest BCUT2D eigenvalue weighted by Crippen LogP contribution is 2.07. The van der Waals surface area contributed by atoms with E-state index in [9.17, 15) is 4.79 Å². The third-order valence-electron chi connectivity index (χ3n) is 1.71. The van der Waals surface area contributed by atoms with E-state index < -0.39 is 6.04 Å². The highest BCUT2D eigenvalue weighted by molar-refractivity contribution is 5.79. The number of imidazole rings is 1. The van der Waals surface area contributed by atoms with Crippen molar-refractivity contribution < 1.29 is 4.79 Å². The first-order chi connectivity index (χ1) is 6.20. The average Bonchev–Trinajstić information content (AvgIpc) is 2.62. The Morgan fingerprint density at radius 3 is 3.15 bits per heavy atom. The lowest BCUT2D eigenvalue weighted by molar-refractivity contribution is -0.123. The topological polar surface area (TPSA) is 96.7 Å². The van der Waals surface area contributed by atoms with Gasteiger partial charge in [-0.05, 0) is 6.92 Å². The summed E-state index contributed by atoms with van der Waals surface area (Å²) in [6.45, 7) is 1.63. The summed E-state index contributed by atoms with van der Waals surface area (Å²) in [6, 6.07) is 1.34. The Morgan fingerprint density at radius 1 is 1.92 bits per heavy atom. The number of hydrogen-bond donors (Lipinski definition) is 2. The quantitative estimate of drug-likeness (QED) is 0.356. The van der Waals surface area contributed by atoms with Gasteiger partial charge in [-0.25, -0.2) is 10.8 Å². The molecule has 0 aliphatic heterocycles. The van der Waals surface area contributed by atoms with Gasteiger partial charge in [-0.2, -0.15) is 5.26 Å². The highest BCUT2D eigenvalue weighted by atomic mass is 16.2. The molecule has 68 valence electrons. The highest BCUT2D eigenvalue weighted by Gasteiger charge is 2.15. The molecule has 3 N–H and O–H groups in total. The Balaban J connectivity index is 2.95. The predicted octanol–water partition coefficient (Wildman–Crippen LogP) is -0.694. The molecule has 1 unspecified atom stereocenters. The van der Waals surface area contributed by atoms with Gasteiger partial charge in [0.2, 0.25) is 5.82 Å². The maximum absolute atomic E-state index is 11.1. The van der Waals surface area contributed by atoms with Crippen LogP contribution in [0.3, 0.4) is 0 Å². The minimum absolute atomic E-state index is 0.191. The number of nitrogens with zero attached hydrogens (tertiary/aromatic N) is 3. The average molecular weight is 179 g/mol. The molecule has 0 spiro atoms. The van der Waals surface area contributed by atoms with E-state index in [4.69, 9.17) is 11.1 Å². The van der Waals surface area contributed by atoms with Crippen LogP contribution >= 0.6 is 0 Å². The lowest BCUT2D eigenvalue weighted by atomic mass is 10.3. The molecule has 1 rings (SSSR count). The SMILES string of the molecule is CC(C(=O)NN)n1ccnc1C#N. The minimum Gasteiger partial charge on any atom is -0.310 e. The van der Waals surface area contributed by atoms with Crippen molar-refractivity contribution in [3.8, 4) is 6.07 Å². The third kappa shape index (κ3) is 1.65. The van der Waals surface area contributed by atoms with E-state index in [1.807, 2.05) is 11.5 Å². The van der Waals surface area contributed by atoms with Crippen LogP contribution in [0.15, 0.2) is 12.4 Å². The maximum atomic E-state index is 11.1. The number of hydrogen-bond acceptors (Lipinski definition) is 4. The van der Waals surface area contributed by atoms with E-state index in [1.54, 1.807) is 13.1 Å². The van der Waals surface area contributed by atoms with Crippen molar-refractivity contribution in [2.75, 3.05) is 0 Å². The molecule has 0 radical (unpaired) electrons. The number of aromatic nitrogens is 2. The third-order valence-corrected chi connectivity index (χ3v) is 1.71. The van der Waals surface area contributed by atoms with Crippen LogP contribution in [0.4, 0.5) is 0 Å². The molecule has 0 bridgehead atoms. The molecule has 0 aliphatic carbocycles. The van der Waals surface area contributed by atoms with Crippen LogP contribution < -0.4 is 11.3 Å². The standard InChI is InChI=1S/C7H9N5O/c1-5(7(13)11-9)12-3-2-10-6(12)4-8/h2-3,5H,9H2,1H3,(H,11,13). The first kappa shape index (κ1) is 9.22. The fraction of sp³-hybridized carbons (Fsp3) is 0.286. The fourth-order valence-electron chi connectivity index (χ4n) is 0.959. The second-order valence-electron chi connectivity index (χ2n) is 2.45. The Bertz CT molecular complexity index is 350. The first-order valence-corrected chi connectivity index (χ1v) is 3.64. The zero-order valence-electron chi connectivity index (χ0n) is 7.06. The Labute approximate surface area is 74.9 Å². The van der Waals surface area contributed by atoms with Gasteiger partial charge in [0, 0.05) is 12.4 Å². The van der Waals surface area contributed by atoms with E-state index in [0.717, 1.165) is 0 Å². The van der Waals surface area contributed by atoms with E-state index in [1.165, 1.54) is 10.8 Å². The Hall–Kier alpha value is -1.87. The molecule has 1 heterocycles. The summed E-state index contributed by atoms with van der Waals surface area (Å²) in [6.07, 6.45) is 3.01. The van der Waals surface area contributed by atoms with Crippen molar-refractivity contribution in [3.63, 3.8) is 0 Å². The van der Waals surface area contributed by atoms with Crippen LogP contribution in [0.2, 0.25) is 0 Å². The molecule has 0 aromatic carbocycles. The summed E-state index contributed by atoms with van der Waals surface area (Å²) in [4.78, 5) is 14.8. The normalized spacial score (nSPS) is 11.8. The van der Waals surface area contributed by atoms with Crippen LogP contribution in [-0.2, 0) is 4.79 Å². The smallest absolute Gasteiger partial charge is 0.256 e. The fourth-order valence-corrected chi connectivity index (χ4v) is 0.959. The Morgan fingerprint density at radius 2 is 2.62 bits per heavy atom. The lowest BCUT2D eigenvalue weighted by Crippen LogP contribution is -2.36. The summed E-state index contributed by atoms with van der Waals surface area (Å²) in [5, 5.41) is 8.61. The molecule has 1 aromatic rings. The monoisotopic (exact) mass is 179 g/mol. The molecule has 1 amide bonds. The van der Waals surface area contributed by atoms with Crippen LogP contribution in [0.25, 0.3) is 0 Å². The van der Waals surface area contributed by atoms with E-state index in [0.29, 0.717) is 0 Å². The van der Waals surface area contributed by atoms with Gasteiger partial charge >= 0.3 is 0 Å². The van der Waals surface area contributed by atoms with Gasteiger partial charge in [0.25, 0.3) is 5.91 Å². The van der Waals surface area contributed by atoms with E-state index in [2.05, 4.69) is 4.98 Å². The molecule has 6 heteroatoms. The largest absolute Gasteiger partial charge is 0.310 e. The molecule has 1 aromatic heterocycles. The van der Waals surface area contributed by atoms with Crippen molar-refractivity contribution in [3.05, 3.63) is 18.2 Å². The first-order valence-electron chi connectivity index (χ1n) is 3.64. The number of nitrogens with two attached hydrogens (primary N) is 1. The van der Waals surface area contributed by atoms with Gasteiger partial charge in [0.1, 0.15) is 12.1 Å². The van der Waals surface area contributed by atoms with Crippen LogP contribution in [0, 0.1) is 11.3 Å². The van der Waals surface area contributed by atoms with Gasteiger partial charge in [-0.3, -0.25) is 10.2 Å². The molecular formula is C7H9N5O. The lowest BCUT2D eigenvalue weighted by Gasteiger charge is -2.11. The second kappa shape index (κ2) is 3.69. The molecule has 0 saturated heterocycles. The number of carbonyl (C=O) groups excluding carboxylic acids is 1. The summed E-state index contributed by atoms with van der Waals surface area (Å²) in [5.41, 5.74) is 2.01. The molecular weight excluding hydrogens is 170 g/mol. The Kier molecular flexibility index (Phi) is 2.62. The van der Waals surface area contributed by atoms with Crippen molar-refractivity contribution in [1.29, 1.82) is 5.26 Å². The number of amides is 1. The van der Waals surface area contributed by atoms with Crippen molar-refractivity contribution in [1.82, 2.24) is 15.0 Å². The predicted molar refractivity (Wildman–Crippen MR) is 44.0 cm³/mol. The maximum Gasteiger partial charge on any atom is 0.256 e. The van der Waals surface area contributed by atoms with Gasteiger partial charge in [0.15, 0.2) is 0 Å². The van der Waals surface area contributed by atoms with Gasteiger partial charge in [-0.15, -0.1) is 0 Å². The van der Waals surface area contributed by atoms with E-state index in [-0.39, 0.29) is 11.7 Å². The summed E-state index contributed by atoms with van der Waals surface area (Å²) >= 11 is 0. The minimum atomic E-state index is -0.526. The number of nitrogens with one attached hydrogen (secondary N) is 1. The summed E-state index contributed by atoms with van der Waals surface area (Å²) in [5.74, 6) is 4.78. The zero-order chi connectivity index (χ0) is 9.84. The van der Waals surface area contributed by atoms with E-state index >= 15 is 0 Å². The number of carbonyl (C=O) groups is 1. The van der Waals surface area contributed by atoms with Crippen molar-refractivity contribution >= 4 is 5.91 Å². The van der Waals surface area contributed by atoms with Gasteiger partial charge in [0.05, 0.1) is 0 Å². The molecule has 13 heavy (non-hydrogen) atoms. The zero-order valence-corrected chi connectivity index (χ0v) is 7.06. The molecule has 6 nitrogen and oxygen atoms in total. The van der Waals surface area contributed by atoms with Crippen molar-refractivity contribution in [2.45, 2.75) is 13.0 Å². The molecule has 0 aliphatic rings. The molecule has 1 atom stereocenters. The number of rotatable bonds is 2. The number of hydrazine groups is 1. The second-order valence-corrected chi connectivity index (χ2v) is 2.45. The molecule has 0 saturated carbocycles. The van der Waals surface area contributed by atoms with Crippen LogP contribution in [0.5, 0.6) is 0 Å². The van der Waals surface area contributed by atoms with Crippen molar-refractivity contribution in [2.24, 2.45) is 5.84 Å². The number of nitriles is 1. The van der Waals surface area contributed by atoms with Gasteiger partial charge in [-0.1, -0.05) is 0 Å². The molecule has 0 fully saturated rings.